The Balaban J connectivity index is 1.82. The summed E-state index contributed by atoms with van der Waals surface area (Å²) < 4.78 is 1.24. The lowest BCUT2D eigenvalue weighted by Gasteiger charge is -2.39. The predicted octanol–water partition coefficient (Wildman–Crippen LogP) is 4.32. The first-order valence-corrected chi connectivity index (χ1v) is 9.42. The fourth-order valence-electron chi connectivity index (χ4n) is 3.73. The van der Waals surface area contributed by atoms with Gasteiger partial charge in [0.15, 0.2) is 0 Å². The second-order valence-electron chi connectivity index (χ2n) is 6.46. The number of hydrogen-bond donors (Lipinski definition) is 1. The molecule has 4 nitrogen and oxygen atoms in total. The molecule has 2 aromatic heterocycles. The molecule has 25 heavy (non-hydrogen) atoms. The van der Waals surface area contributed by atoms with Gasteiger partial charge in [-0.25, -0.2) is 0 Å². The van der Waals surface area contributed by atoms with Crippen LogP contribution >= 0.6 is 11.3 Å². The number of carboxylic acid groups (broad SMARTS) is 1. The van der Waals surface area contributed by atoms with E-state index >= 15 is 0 Å². The SMILES string of the molecule is O=C(O)C1CCCCN1C(c1ccncc1)c1cc2ccccc2s1. The van der Waals surface area contributed by atoms with Gasteiger partial charge in [0.1, 0.15) is 6.04 Å². The van der Waals surface area contributed by atoms with Crippen molar-refractivity contribution in [2.45, 2.75) is 31.3 Å². The molecule has 5 heteroatoms. The number of aliphatic carboxylic acids is 1. The van der Waals surface area contributed by atoms with E-state index in [-0.39, 0.29) is 6.04 Å². The van der Waals surface area contributed by atoms with E-state index in [9.17, 15) is 9.90 Å². The van der Waals surface area contributed by atoms with Crippen molar-refractivity contribution < 1.29 is 9.90 Å². The standard InChI is InChI=1S/C20H20N2O2S/c23-20(24)16-6-3-4-12-22(16)19(14-8-10-21-11-9-14)18-13-15-5-1-2-7-17(15)25-18/h1-2,5,7-11,13,16,19H,3-4,6,12H2,(H,23,24). The first kappa shape index (κ1) is 16.2. The lowest BCUT2D eigenvalue weighted by atomic mass is 9.95. The maximum atomic E-state index is 11.9. The van der Waals surface area contributed by atoms with Crippen LogP contribution in [0.1, 0.15) is 35.7 Å². The minimum absolute atomic E-state index is 0.0400. The van der Waals surface area contributed by atoms with Gasteiger partial charge < -0.3 is 5.11 Å². The highest BCUT2D eigenvalue weighted by atomic mass is 32.1. The zero-order chi connectivity index (χ0) is 17.2. The number of hydrogen-bond acceptors (Lipinski definition) is 4. The van der Waals surface area contributed by atoms with Crippen molar-refractivity contribution >= 4 is 27.4 Å². The highest BCUT2D eigenvalue weighted by molar-refractivity contribution is 7.19. The summed E-state index contributed by atoms with van der Waals surface area (Å²) in [5.74, 6) is -0.722. The van der Waals surface area contributed by atoms with Crippen LogP contribution < -0.4 is 0 Å². The molecular weight excluding hydrogens is 332 g/mol. The van der Waals surface area contributed by atoms with Crippen LogP contribution in [0.3, 0.4) is 0 Å². The number of nitrogens with zero attached hydrogens (tertiary/aromatic N) is 2. The van der Waals surface area contributed by atoms with E-state index in [1.54, 1.807) is 23.7 Å². The van der Waals surface area contributed by atoms with Gasteiger partial charge in [0, 0.05) is 22.0 Å². The molecule has 0 aliphatic carbocycles. The van der Waals surface area contributed by atoms with Crippen LogP contribution in [0.25, 0.3) is 10.1 Å². The molecule has 128 valence electrons. The summed E-state index contributed by atoms with van der Waals surface area (Å²) in [4.78, 5) is 19.3. The maximum Gasteiger partial charge on any atom is 0.320 e. The molecule has 0 bridgehead atoms. The average molecular weight is 352 g/mol. The number of likely N-dealkylation sites (tertiary alicyclic amines) is 1. The molecule has 1 aromatic carbocycles. The fourth-order valence-corrected chi connectivity index (χ4v) is 4.94. The van der Waals surface area contributed by atoms with Gasteiger partial charge in [0.05, 0.1) is 6.04 Å². The molecule has 3 heterocycles. The number of carboxylic acids is 1. The molecule has 0 amide bonds. The summed E-state index contributed by atoms with van der Waals surface area (Å²) in [5.41, 5.74) is 1.11. The zero-order valence-electron chi connectivity index (χ0n) is 13.8. The summed E-state index contributed by atoms with van der Waals surface area (Å²) in [6.45, 7) is 0.804. The Labute approximate surface area is 150 Å². The van der Waals surface area contributed by atoms with Crippen molar-refractivity contribution in [2.75, 3.05) is 6.54 Å². The van der Waals surface area contributed by atoms with Gasteiger partial charge in [0.25, 0.3) is 0 Å². The van der Waals surface area contributed by atoms with Crippen molar-refractivity contribution in [1.82, 2.24) is 9.88 Å². The molecule has 1 N–H and O–H groups in total. The molecule has 0 saturated carbocycles. The lowest BCUT2D eigenvalue weighted by molar-refractivity contribution is -0.145. The molecule has 4 rings (SSSR count). The molecule has 1 saturated heterocycles. The summed E-state index contributed by atoms with van der Waals surface area (Å²) in [6, 6.07) is 14.1. The maximum absolute atomic E-state index is 11.9. The summed E-state index contributed by atoms with van der Waals surface area (Å²) in [5, 5.41) is 11.0. The van der Waals surface area contributed by atoms with Crippen molar-refractivity contribution in [3.05, 3.63) is 65.3 Å². The van der Waals surface area contributed by atoms with Gasteiger partial charge in [-0.15, -0.1) is 11.3 Å². The number of carbonyl (C=O) groups is 1. The molecule has 0 radical (unpaired) electrons. The Morgan fingerprint density at radius 2 is 2.00 bits per heavy atom. The van der Waals surface area contributed by atoms with Gasteiger partial charge in [-0.1, -0.05) is 24.6 Å². The van der Waals surface area contributed by atoms with E-state index in [2.05, 4.69) is 28.1 Å². The van der Waals surface area contributed by atoms with Crippen LogP contribution in [0, 0.1) is 0 Å². The van der Waals surface area contributed by atoms with E-state index in [0.29, 0.717) is 6.42 Å². The van der Waals surface area contributed by atoms with Crippen molar-refractivity contribution in [3.63, 3.8) is 0 Å². The predicted molar refractivity (Wildman–Crippen MR) is 99.9 cm³/mol. The molecular formula is C20H20N2O2S. The number of benzene rings is 1. The van der Waals surface area contributed by atoms with E-state index in [1.165, 1.54) is 15.0 Å². The highest BCUT2D eigenvalue weighted by Crippen LogP contribution is 2.39. The van der Waals surface area contributed by atoms with Gasteiger partial charge in [-0.2, -0.15) is 0 Å². The monoisotopic (exact) mass is 352 g/mol. The summed E-state index contributed by atoms with van der Waals surface area (Å²) in [7, 11) is 0. The van der Waals surface area contributed by atoms with E-state index < -0.39 is 12.0 Å². The fraction of sp³-hybridized carbons (Fsp3) is 0.300. The van der Waals surface area contributed by atoms with Gasteiger partial charge in [-0.05, 0) is 54.6 Å². The van der Waals surface area contributed by atoms with Crippen molar-refractivity contribution in [3.8, 4) is 0 Å². The number of fused-ring (bicyclic) bond motifs is 1. The quantitative estimate of drug-likeness (QED) is 0.759. The van der Waals surface area contributed by atoms with Crippen LogP contribution in [0.4, 0.5) is 0 Å². The Bertz CT molecular complexity index is 845. The second kappa shape index (κ2) is 6.94. The first-order valence-electron chi connectivity index (χ1n) is 8.61. The van der Waals surface area contributed by atoms with Crippen LogP contribution in [-0.4, -0.2) is 33.5 Å². The molecule has 1 aliphatic rings. The molecule has 2 unspecified atom stereocenters. The molecule has 1 aliphatic heterocycles. The summed E-state index contributed by atoms with van der Waals surface area (Å²) >= 11 is 1.75. The minimum Gasteiger partial charge on any atom is -0.480 e. The smallest absolute Gasteiger partial charge is 0.320 e. The third-order valence-corrected chi connectivity index (χ3v) is 6.07. The number of rotatable bonds is 4. The second-order valence-corrected chi connectivity index (χ2v) is 7.57. The van der Waals surface area contributed by atoms with Crippen LogP contribution in [0.5, 0.6) is 0 Å². The summed E-state index contributed by atoms with van der Waals surface area (Å²) in [6.07, 6.45) is 6.30. The number of piperidine rings is 1. The van der Waals surface area contributed by atoms with Gasteiger partial charge >= 0.3 is 5.97 Å². The topological polar surface area (TPSA) is 53.4 Å². The normalized spacial score (nSPS) is 19.8. The molecule has 1 fully saturated rings. The van der Waals surface area contributed by atoms with Crippen LogP contribution in [0.15, 0.2) is 54.9 Å². The number of pyridine rings is 1. The Morgan fingerprint density at radius 1 is 1.20 bits per heavy atom. The van der Waals surface area contributed by atoms with E-state index in [4.69, 9.17) is 0 Å². The van der Waals surface area contributed by atoms with Crippen LogP contribution in [-0.2, 0) is 4.79 Å². The third kappa shape index (κ3) is 3.17. The first-order chi connectivity index (χ1) is 12.2. The molecule has 0 spiro atoms. The highest BCUT2D eigenvalue weighted by Gasteiger charge is 2.35. The number of thiophene rings is 1. The van der Waals surface area contributed by atoms with E-state index in [0.717, 1.165) is 24.9 Å². The van der Waals surface area contributed by atoms with Gasteiger partial charge in [-0.3, -0.25) is 14.7 Å². The number of aromatic nitrogens is 1. The van der Waals surface area contributed by atoms with Crippen LogP contribution in [0.2, 0.25) is 0 Å². The molecule has 3 aromatic rings. The average Bonchev–Trinajstić information content (AvgIpc) is 3.06. The van der Waals surface area contributed by atoms with E-state index in [1.807, 2.05) is 24.3 Å². The third-order valence-electron chi connectivity index (χ3n) is 4.90. The van der Waals surface area contributed by atoms with Gasteiger partial charge in [0.2, 0.25) is 0 Å². The minimum atomic E-state index is -0.722. The Morgan fingerprint density at radius 3 is 2.76 bits per heavy atom. The lowest BCUT2D eigenvalue weighted by Crippen LogP contribution is -2.46. The largest absolute Gasteiger partial charge is 0.480 e. The zero-order valence-corrected chi connectivity index (χ0v) is 14.7. The Kier molecular flexibility index (Phi) is 4.51. The van der Waals surface area contributed by atoms with Crippen molar-refractivity contribution in [1.29, 1.82) is 0 Å². The Hall–Kier alpha value is -2.24. The molecule has 2 atom stereocenters. The van der Waals surface area contributed by atoms with Crippen molar-refractivity contribution in [2.24, 2.45) is 0 Å².